The Kier molecular flexibility index (Phi) is 6.07. The van der Waals surface area contributed by atoms with Crippen molar-refractivity contribution in [3.05, 3.63) is 60.4 Å². The number of carbonyl (C=O) groups is 1. The molecule has 30 heavy (non-hydrogen) atoms. The van der Waals surface area contributed by atoms with Gasteiger partial charge in [0.15, 0.2) is 11.5 Å². The van der Waals surface area contributed by atoms with E-state index in [0.717, 1.165) is 29.2 Å². The molecule has 9 nitrogen and oxygen atoms in total. The summed E-state index contributed by atoms with van der Waals surface area (Å²) >= 11 is 0. The Morgan fingerprint density at radius 2 is 2.13 bits per heavy atom. The number of aromatic nitrogens is 4. The molecule has 1 atom stereocenters. The van der Waals surface area contributed by atoms with E-state index < -0.39 is 0 Å². The standard InChI is InChI=1S/C21H24N6O3/c1-15(27-9-8-22-13-27)10-17-5-7-24-21(26-17)25-12-20(28)23-6-4-16-2-3-18-19(11-16)30-14-29-18/h2-3,5,7-9,11,13,15H,4,6,10,12,14H2,1H3,(H,23,28)(H,24,25,26). The van der Waals surface area contributed by atoms with Crippen molar-refractivity contribution in [2.24, 2.45) is 0 Å². The Morgan fingerprint density at radius 1 is 1.23 bits per heavy atom. The van der Waals surface area contributed by atoms with Gasteiger partial charge in [-0.15, -0.1) is 0 Å². The lowest BCUT2D eigenvalue weighted by atomic mass is 10.1. The number of anilines is 1. The minimum absolute atomic E-state index is 0.113. The van der Waals surface area contributed by atoms with Gasteiger partial charge in [-0.25, -0.2) is 15.0 Å². The zero-order chi connectivity index (χ0) is 20.8. The number of nitrogens with zero attached hydrogens (tertiary/aromatic N) is 4. The molecule has 3 heterocycles. The fraction of sp³-hybridized carbons (Fsp3) is 0.333. The number of fused-ring (bicyclic) bond motifs is 1. The normalized spacial score (nSPS) is 13.1. The smallest absolute Gasteiger partial charge is 0.239 e. The van der Waals surface area contributed by atoms with Crippen LogP contribution in [0.4, 0.5) is 5.95 Å². The zero-order valence-corrected chi connectivity index (χ0v) is 16.7. The summed E-state index contributed by atoms with van der Waals surface area (Å²) in [6.07, 6.45) is 8.63. The molecule has 1 aromatic carbocycles. The van der Waals surface area contributed by atoms with Gasteiger partial charge in [0.25, 0.3) is 0 Å². The van der Waals surface area contributed by atoms with Gasteiger partial charge in [-0.2, -0.15) is 0 Å². The molecule has 0 fully saturated rings. The van der Waals surface area contributed by atoms with Crippen LogP contribution in [0.2, 0.25) is 0 Å². The monoisotopic (exact) mass is 408 g/mol. The molecule has 0 saturated carbocycles. The molecule has 0 spiro atoms. The van der Waals surface area contributed by atoms with E-state index in [0.29, 0.717) is 18.9 Å². The van der Waals surface area contributed by atoms with Gasteiger partial charge >= 0.3 is 0 Å². The molecule has 0 saturated heterocycles. The van der Waals surface area contributed by atoms with Crippen molar-refractivity contribution in [3.63, 3.8) is 0 Å². The Hall–Kier alpha value is -3.62. The van der Waals surface area contributed by atoms with E-state index in [1.165, 1.54) is 0 Å². The predicted octanol–water partition coefficient (Wildman–Crippen LogP) is 1.98. The first kappa shape index (κ1) is 19.7. The van der Waals surface area contributed by atoms with Crippen LogP contribution in [-0.2, 0) is 17.6 Å². The molecule has 0 aliphatic carbocycles. The van der Waals surface area contributed by atoms with Crippen LogP contribution in [0.1, 0.15) is 24.2 Å². The molecule has 0 radical (unpaired) electrons. The van der Waals surface area contributed by atoms with E-state index in [9.17, 15) is 4.79 Å². The number of carbonyl (C=O) groups excluding carboxylic acids is 1. The first-order chi connectivity index (χ1) is 14.7. The quantitative estimate of drug-likeness (QED) is 0.558. The number of ether oxygens (including phenoxy) is 2. The van der Waals surface area contributed by atoms with Crippen molar-refractivity contribution in [2.45, 2.75) is 25.8 Å². The van der Waals surface area contributed by atoms with Gasteiger partial charge in [0, 0.05) is 43.3 Å². The highest BCUT2D eigenvalue weighted by atomic mass is 16.7. The van der Waals surface area contributed by atoms with Gasteiger partial charge in [0.1, 0.15) is 0 Å². The lowest BCUT2D eigenvalue weighted by molar-refractivity contribution is -0.119. The molecule has 4 rings (SSSR count). The maximum absolute atomic E-state index is 12.1. The topological polar surface area (TPSA) is 103 Å². The first-order valence-corrected chi connectivity index (χ1v) is 9.86. The number of nitrogens with one attached hydrogen (secondary N) is 2. The molecule has 2 aromatic heterocycles. The Balaban J connectivity index is 1.21. The van der Waals surface area contributed by atoms with Crippen molar-refractivity contribution < 1.29 is 14.3 Å². The summed E-state index contributed by atoms with van der Waals surface area (Å²) < 4.78 is 12.7. The van der Waals surface area contributed by atoms with E-state index in [1.807, 2.05) is 35.0 Å². The highest BCUT2D eigenvalue weighted by Crippen LogP contribution is 2.32. The summed E-state index contributed by atoms with van der Waals surface area (Å²) in [5.41, 5.74) is 1.98. The third kappa shape index (κ3) is 5.05. The average molecular weight is 408 g/mol. The molecule has 1 unspecified atom stereocenters. The van der Waals surface area contributed by atoms with Gasteiger partial charge in [0.05, 0.1) is 12.9 Å². The number of rotatable bonds is 9. The third-order valence-corrected chi connectivity index (χ3v) is 4.83. The molecule has 0 bridgehead atoms. The van der Waals surface area contributed by atoms with Crippen LogP contribution in [0.15, 0.2) is 49.2 Å². The Bertz CT molecular complexity index is 992. The fourth-order valence-corrected chi connectivity index (χ4v) is 3.20. The molecule has 1 aliphatic rings. The first-order valence-electron chi connectivity index (χ1n) is 9.86. The summed E-state index contributed by atoms with van der Waals surface area (Å²) in [4.78, 5) is 24.9. The van der Waals surface area contributed by atoms with Crippen molar-refractivity contribution in [3.8, 4) is 11.5 Å². The van der Waals surface area contributed by atoms with Crippen LogP contribution in [0.3, 0.4) is 0 Å². The molecular formula is C21H24N6O3. The van der Waals surface area contributed by atoms with E-state index in [1.54, 1.807) is 18.7 Å². The second kappa shape index (κ2) is 9.25. The third-order valence-electron chi connectivity index (χ3n) is 4.83. The molecular weight excluding hydrogens is 384 g/mol. The summed E-state index contributed by atoms with van der Waals surface area (Å²) in [7, 11) is 0. The largest absolute Gasteiger partial charge is 0.454 e. The second-order valence-electron chi connectivity index (χ2n) is 7.08. The van der Waals surface area contributed by atoms with Crippen LogP contribution < -0.4 is 20.1 Å². The zero-order valence-electron chi connectivity index (χ0n) is 16.7. The van der Waals surface area contributed by atoms with Gasteiger partial charge < -0.3 is 24.7 Å². The van der Waals surface area contributed by atoms with E-state index >= 15 is 0 Å². The van der Waals surface area contributed by atoms with E-state index in [2.05, 4.69) is 32.5 Å². The summed E-state index contributed by atoms with van der Waals surface area (Å²) in [5.74, 6) is 1.83. The molecule has 156 valence electrons. The van der Waals surface area contributed by atoms with Crippen LogP contribution >= 0.6 is 0 Å². The number of amides is 1. The lowest BCUT2D eigenvalue weighted by Crippen LogP contribution is -2.31. The second-order valence-corrected chi connectivity index (χ2v) is 7.08. The minimum atomic E-state index is -0.114. The van der Waals surface area contributed by atoms with Gasteiger partial charge in [-0.05, 0) is 37.1 Å². The molecule has 1 aliphatic heterocycles. The maximum Gasteiger partial charge on any atom is 0.239 e. The Labute approximate surface area is 174 Å². The van der Waals surface area contributed by atoms with Crippen LogP contribution in [-0.4, -0.2) is 45.3 Å². The van der Waals surface area contributed by atoms with Gasteiger partial charge in [-0.1, -0.05) is 6.07 Å². The maximum atomic E-state index is 12.1. The molecule has 9 heteroatoms. The highest BCUT2D eigenvalue weighted by molar-refractivity contribution is 5.80. The van der Waals surface area contributed by atoms with Crippen molar-refractivity contribution in [1.82, 2.24) is 24.8 Å². The number of benzene rings is 1. The average Bonchev–Trinajstić information content (AvgIpc) is 3.44. The van der Waals surface area contributed by atoms with Crippen molar-refractivity contribution >= 4 is 11.9 Å². The van der Waals surface area contributed by atoms with Crippen LogP contribution in [0, 0.1) is 0 Å². The Morgan fingerprint density at radius 3 is 3.00 bits per heavy atom. The minimum Gasteiger partial charge on any atom is -0.454 e. The lowest BCUT2D eigenvalue weighted by Gasteiger charge is -2.13. The molecule has 2 N–H and O–H groups in total. The molecule has 3 aromatic rings. The van der Waals surface area contributed by atoms with Crippen molar-refractivity contribution in [2.75, 3.05) is 25.2 Å². The highest BCUT2D eigenvalue weighted by Gasteiger charge is 2.13. The van der Waals surface area contributed by atoms with E-state index in [-0.39, 0.29) is 25.3 Å². The number of hydrogen-bond donors (Lipinski definition) is 2. The van der Waals surface area contributed by atoms with Crippen LogP contribution in [0.5, 0.6) is 11.5 Å². The molecule has 1 amide bonds. The number of imidazole rings is 1. The van der Waals surface area contributed by atoms with Gasteiger partial charge in [0.2, 0.25) is 18.6 Å². The summed E-state index contributed by atoms with van der Waals surface area (Å²) in [6.45, 7) is 3.00. The fourth-order valence-electron chi connectivity index (χ4n) is 3.20. The predicted molar refractivity (Wildman–Crippen MR) is 110 cm³/mol. The summed E-state index contributed by atoms with van der Waals surface area (Å²) in [6, 6.07) is 7.91. The summed E-state index contributed by atoms with van der Waals surface area (Å²) in [5, 5.41) is 5.88. The van der Waals surface area contributed by atoms with Crippen molar-refractivity contribution in [1.29, 1.82) is 0 Å². The number of hydrogen-bond acceptors (Lipinski definition) is 7. The SMILES string of the molecule is CC(Cc1ccnc(NCC(=O)NCCc2ccc3c(c2)OCO3)n1)n1ccnc1. The van der Waals surface area contributed by atoms with E-state index in [4.69, 9.17) is 9.47 Å². The van der Waals surface area contributed by atoms with Crippen LogP contribution in [0.25, 0.3) is 0 Å². The van der Waals surface area contributed by atoms with Gasteiger partial charge in [-0.3, -0.25) is 4.79 Å².